The summed E-state index contributed by atoms with van der Waals surface area (Å²) in [5, 5.41) is 20.6. The highest BCUT2D eigenvalue weighted by molar-refractivity contribution is 6.02. The molecule has 0 fully saturated rings. The smallest absolute Gasteiger partial charge is 0.303 e. The van der Waals surface area contributed by atoms with Crippen LogP contribution in [0.5, 0.6) is 0 Å². The lowest BCUT2D eigenvalue weighted by Crippen LogP contribution is -2.39. The Morgan fingerprint density at radius 2 is 1.76 bits per heavy atom. The molecule has 1 rings (SSSR count). The molecule has 0 saturated heterocycles. The molecular weight excluding hydrogens is 270 g/mol. The van der Waals surface area contributed by atoms with E-state index in [0.717, 1.165) is 16.7 Å². The molecule has 5 heteroatoms. The number of benzene rings is 1. The van der Waals surface area contributed by atoms with E-state index in [-0.39, 0.29) is 31.8 Å². The quantitative estimate of drug-likeness (QED) is 0.634. The largest absolute Gasteiger partial charge is 0.481 e. The molecule has 0 bridgehead atoms. The molecule has 0 spiro atoms. The second-order valence-corrected chi connectivity index (χ2v) is 5.30. The summed E-state index contributed by atoms with van der Waals surface area (Å²) in [5.74, 6) is -1.05. The average molecular weight is 293 g/mol. The number of carboxylic acids is 1. The molecule has 21 heavy (non-hydrogen) atoms. The molecule has 3 N–H and O–H groups in total. The van der Waals surface area contributed by atoms with Crippen LogP contribution in [0.15, 0.2) is 12.1 Å². The third-order valence-corrected chi connectivity index (χ3v) is 3.39. The zero-order chi connectivity index (χ0) is 16.0. The minimum Gasteiger partial charge on any atom is -0.481 e. The molecule has 116 valence electrons. The van der Waals surface area contributed by atoms with Crippen LogP contribution in [-0.2, 0) is 4.79 Å². The van der Waals surface area contributed by atoms with Crippen LogP contribution in [-0.4, -0.2) is 41.2 Å². The maximum absolute atomic E-state index is 12.7. The average Bonchev–Trinajstić information content (AvgIpc) is 2.37. The SMILES string of the molecule is Cc1cc(C)c(C(=O)C(CCC(=O)O)NCCO)c(C)c1. The first-order valence-corrected chi connectivity index (χ1v) is 7.05. The van der Waals surface area contributed by atoms with Gasteiger partial charge in [-0.3, -0.25) is 9.59 Å². The van der Waals surface area contributed by atoms with E-state index in [4.69, 9.17) is 10.2 Å². The highest BCUT2D eigenvalue weighted by Gasteiger charge is 2.23. The lowest BCUT2D eigenvalue weighted by atomic mass is 9.91. The standard InChI is InChI=1S/C16H23NO4/c1-10-8-11(2)15(12(3)9-10)16(21)13(17-6-7-18)4-5-14(19)20/h8-9,13,17-18H,4-7H2,1-3H3,(H,19,20). The number of aliphatic hydroxyl groups excluding tert-OH is 1. The van der Waals surface area contributed by atoms with E-state index < -0.39 is 12.0 Å². The number of carboxylic acid groups (broad SMARTS) is 1. The lowest BCUT2D eigenvalue weighted by Gasteiger charge is -2.19. The maximum Gasteiger partial charge on any atom is 0.303 e. The van der Waals surface area contributed by atoms with Gasteiger partial charge >= 0.3 is 5.97 Å². The minimum atomic E-state index is -0.934. The molecular formula is C16H23NO4. The van der Waals surface area contributed by atoms with Crippen molar-refractivity contribution in [2.45, 2.75) is 39.7 Å². The van der Waals surface area contributed by atoms with E-state index in [0.29, 0.717) is 5.56 Å². The fraction of sp³-hybridized carbons (Fsp3) is 0.500. The molecule has 0 heterocycles. The van der Waals surface area contributed by atoms with Crippen molar-refractivity contribution in [3.63, 3.8) is 0 Å². The number of Topliss-reactive ketones (excluding diaryl/α,β-unsaturated/α-hetero) is 1. The Morgan fingerprint density at radius 3 is 2.24 bits per heavy atom. The highest BCUT2D eigenvalue weighted by Crippen LogP contribution is 2.19. The van der Waals surface area contributed by atoms with Gasteiger partial charge in [0.2, 0.25) is 0 Å². The number of carbonyl (C=O) groups excluding carboxylic acids is 1. The predicted octanol–water partition coefficient (Wildman–Crippen LogP) is 1.61. The van der Waals surface area contributed by atoms with Gasteiger partial charge < -0.3 is 15.5 Å². The van der Waals surface area contributed by atoms with Crippen molar-refractivity contribution in [1.29, 1.82) is 0 Å². The summed E-state index contributed by atoms with van der Waals surface area (Å²) in [6.07, 6.45) is 0.125. The summed E-state index contributed by atoms with van der Waals surface area (Å²) in [4.78, 5) is 23.4. The molecule has 0 saturated carbocycles. The Morgan fingerprint density at radius 1 is 1.19 bits per heavy atom. The van der Waals surface area contributed by atoms with Crippen molar-refractivity contribution >= 4 is 11.8 Å². The summed E-state index contributed by atoms with van der Waals surface area (Å²) < 4.78 is 0. The van der Waals surface area contributed by atoms with E-state index in [2.05, 4.69) is 5.32 Å². The number of hydrogen-bond acceptors (Lipinski definition) is 4. The number of nitrogens with one attached hydrogen (secondary N) is 1. The zero-order valence-electron chi connectivity index (χ0n) is 12.8. The van der Waals surface area contributed by atoms with Gasteiger partial charge in [0.25, 0.3) is 0 Å². The van der Waals surface area contributed by atoms with Crippen LogP contribution in [0.25, 0.3) is 0 Å². The highest BCUT2D eigenvalue weighted by atomic mass is 16.4. The maximum atomic E-state index is 12.7. The van der Waals surface area contributed by atoms with Crippen molar-refractivity contribution in [1.82, 2.24) is 5.32 Å². The first kappa shape index (κ1) is 17.3. The third-order valence-electron chi connectivity index (χ3n) is 3.39. The van der Waals surface area contributed by atoms with Crippen LogP contribution < -0.4 is 5.32 Å². The molecule has 0 amide bonds. The van der Waals surface area contributed by atoms with Gasteiger partial charge in [0.15, 0.2) is 5.78 Å². The number of aliphatic hydroxyl groups is 1. The molecule has 0 aromatic heterocycles. The molecule has 0 aliphatic carbocycles. The Bertz CT molecular complexity index is 502. The summed E-state index contributed by atoms with van der Waals surface area (Å²) in [6, 6.07) is 3.30. The summed E-state index contributed by atoms with van der Waals surface area (Å²) in [5.41, 5.74) is 3.51. The number of aliphatic carboxylic acids is 1. The van der Waals surface area contributed by atoms with E-state index >= 15 is 0 Å². The van der Waals surface area contributed by atoms with Crippen LogP contribution in [0, 0.1) is 20.8 Å². The number of rotatable bonds is 8. The number of aryl methyl sites for hydroxylation is 3. The van der Waals surface area contributed by atoms with Crippen molar-refractivity contribution in [3.05, 3.63) is 34.4 Å². The summed E-state index contributed by atoms with van der Waals surface area (Å²) in [6.45, 7) is 5.91. The fourth-order valence-corrected chi connectivity index (χ4v) is 2.58. The molecule has 0 aliphatic rings. The molecule has 0 radical (unpaired) electrons. The Balaban J connectivity index is 3.01. The molecule has 1 unspecified atom stereocenters. The second kappa shape index (κ2) is 7.90. The monoisotopic (exact) mass is 293 g/mol. The van der Waals surface area contributed by atoms with Crippen LogP contribution >= 0.6 is 0 Å². The molecule has 1 aromatic rings. The Labute approximate surface area is 125 Å². The van der Waals surface area contributed by atoms with E-state index in [9.17, 15) is 9.59 Å². The normalized spacial score (nSPS) is 12.2. The predicted molar refractivity (Wildman–Crippen MR) is 80.7 cm³/mol. The van der Waals surface area contributed by atoms with Crippen molar-refractivity contribution in [3.8, 4) is 0 Å². The zero-order valence-corrected chi connectivity index (χ0v) is 12.8. The summed E-state index contributed by atoms with van der Waals surface area (Å²) in [7, 11) is 0. The number of ketones is 1. The lowest BCUT2D eigenvalue weighted by molar-refractivity contribution is -0.137. The van der Waals surface area contributed by atoms with Gasteiger partial charge in [-0.25, -0.2) is 0 Å². The summed E-state index contributed by atoms with van der Waals surface area (Å²) >= 11 is 0. The van der Waals surface area contributed by atoms with Crippen LogP contribution in [0.1, 0.15) is 39.9 Å². The number of carbonyl (C=O) groups is 2. The van der Waals surface area contributed by atoms with E-state index in [1.54, 1.807) is 0 Å². The molecule has 1 aromatic carbocycles. The second-order valence-electron chi connectivity index (χ2n) is 5.30. The van der Waals surface area contributed by atoms with Crippen molar-refractivity contribution in [2.75, 3.05) is 13.2 Å². The van der Waals surface area contributed by atoms with Crippen LogP contribution in [0.3, 0.4) is 0 Å². The van der Waals surface area contributed by atoms with Gasteiger partial charge in [-0.05, 0) is 38.3 Å². The molecule has 1 atom stereocenters. The van der Waals surface area contributed by atoms with Gasteiger partial charge in [-0.15, -0.1) is 0 Å². The van der Waals surface area contributed by atoms with E-state index in [1.807, 2.05) is 32.9 Å². The Kier molecular flexibility index (Phi) is 6.52. The first-order chi connectivity index (χ1) is 9.86. The van der Waals surface area contributed by atoms with Crippen molar-refractivity contribution < 1.29 is 19.8 Å². The molecule has 0 aliphatic heterocycles. The Hall–Kier alpha value is -1.72. The fourth-order valence-electron chi connectivity index (χ4n) is 2.58. The number of hydrogen-bond donors (Lipinski definition) is 3. The first-order valence-electron chi connectivity index (χ1n) is 7.05. The topological polar surface area (TPSA) is 86.6 Å². The van der Waals surface area contributed by atoms with Crippen LogP contribution in [0.2, 0.25) is 0 Å². The van der Waals surface area contributed by atoms with Gasteiger partial charge in [0.05, 0.1) is 12.6 Å². The minimum absolute atomic E-state index is 0.0845. The molecule has 5 nitrogen and oxygen atoms in total. The van der Waals surface area contributed by atoms with E-state index in [1.165, 1.54) is 0 Å². The van der Waals surface area contributed by atoms with Gasteiger partial charge in [-0.2, -0.15) is 0 Å². The van der Waals surface area contributed by atoms with Gasteiger partial charge in [0, 0.05) is 18.5 Å². The van der Waals surface area contributed by atoms with Gasteiger partial charge in [-0.1, -0.05) is 17.7 Å². The third kappa shape index (κ3) is 4.95. The van der Waals surface area contributed by atoms with Gasteiger partial charge in [0.1, 0.15) is 0 Å². The van der Waals surface area contributed by atoms with Crippen molar-refractivity contribution in [2.24, 2.45) is 0 Å². The van der Waals surface area contributed by atoms with Crippen LogP contribution in [0.4, 0.5) is 0 Å².